The number of aliphatic hydroxyl groups excluding tert-OH is 1. The van der Waals surface area contributed by atoms with Crippen LogP contribution in [-0.4, -0.2) is 71.3 Å². The Labute approximate surface area is 192 Å². The minimum Gasteiger partial charge on any atom is -0.455 e. The molecule has 1 fully saturated rings. The van der Waals surface area contributed by atoms with Crippen molar-refractivity contribution in [2.45, 2.75) is 37.0 Å². The summed E-state index contributed by atoms with van der Waals surface area (Å²) in [5, 5.41) is 11.0. The number of benzene rings is 1. The number of fused-ring (bicyclic) bond motifs is 1. The van der Waals surface area contributed by atoms with Crippen LogP contribution >= 0.6 is 7.82 Å². The number of anilines is 1. The SMILES string of the molecule is Nc1ncnc2c1ncn2C1OC(COP(=O)(O)O)C(OC(=O)C(N)Cc2ccccc2)C1O. The maximum absolute atomic E-state index is 12.7. The quantitative estimate of drug-likeness (QED) is 0.193. The number of carbonyl (C=O) groups is 1. The number of nitrogen functional groups attached to an aromatic ring is 1. The third kappa shape index (κ3) is 5.23. The predicted molar refractivity (Wildman–Crippen MR) is 116 cm³/mol. The number of phosphoric acid groups is 1. The van der Waals surface area contributed by atoms with Crippen LogP contribution in [0.3, 0.4) is 0 Å². The number of rotatable bonds is 8. The molecule has 1 aliphatic heterocycles. The Morgan fingerprint density at radius 2 is 1.97 bits per heavy atom. The van der Waals surface area contributed by atoms with Crippen LogP contribution < -0.4 is 11.5 Å². The van der Waals surface area contributed by atoms with E-state index in [4.69, 9.17) is 30.7 Å². The Morgan fingerprint density at radius 3 is 2.68 bits per heavy atom. The first kappa shape index (κ1) is 24.2. The lowest BCUT2D eigenvalue weighted by Gasteiger charge is -2.22. The summed E-state index contributed by atoms with van der Waals surface area (Å²) in [6, 6.07) is 7.96. The summed E-state index contributed by atoms with van der Waals surface area (Å²) in [5.41, 5.74) is 13.1. The average molecular weight is 494 g/mol. The van der Waals surface area contributed by atoms with Crippen molar-refractivity contribution in [1.82, 2.24) is 19.5 Å². The summed E-state index contributed by atoms with van der Waals surface area (Å²) in [6.45, 7) is -0.673. The molecule has 14 nitrogen and oxygen atoms in total. The van der Waals surface area contributed by atoms with E-state index in [-0.39, 0.29) is 23.4 Å². The van der Waals surface area contributed by atoms with Crippen LogP contribution in [0.5, 0.6) is 0 Å². The second kappa shape index (κ2) is 9.72. The van der Waals surface area contributed by atoms with Crippen LogP contribution in [0.1, 0.15) is 11.8 Å². The molecule has 3 aromatic rings. The average Bonchev–Trinajstić information content (AvgIpc) is 3.35. The topological polar surface area (TPSA) is 218 Å². The summed E-state index contributed by atoms with van der Waals surface area (Å²) in [5.74, 6) is -0.729. The molecular formula is C19H23N6O8P. The highest BCUT2D eigenvalue weighted by molar-refractivity contribution is 7.46. The Bertz CT molecular complexity index is 1200. The normalized spacial score (nSPS) is 23.8. The van der Waals surface area contributed by atoms with Crippen LogP contribution in [0, 0.1) is 0 Å². The van der Waals surface area contributed by atoms with E-state index in [1.54, 1.807) is 24.3 Å². The van der Waals surface area contributed by atoms with Gasteiger partial charge in [0.05, 0.1) is 12.9 Å². The van der Waals surface area contributed by atoms with Gasteiger partial charge < -0.3 is 35.8 Å². The van der Waals surface area contributed by atoms with Crippen LogP contribution in [0.25, 0.3) is 11.2 Å². The number of imidazole rings is 1. The second-order valence-corrected chi connectivity index (χ2v) is 8.86. The molecule has 182 valence electrons. The maximum Gasteiger partial charge on any atom is 0.469 e. The van der Waals surface area contributed by atoms with Crippen LogP contribution in [0.15, 0.2) is 43.0 Å². The van der Waals surface area contributed by atoms with Gasteiger partial charge >= 0.3 is 13.8 Å². The first-order valence-electron chi connectivity index (χ1n) is 10.1. The van der Waals surface area contributed by atoms with Crippen molar-refractivity contribution in [1.29, 1.82) is 0 Å². The lowest BCUT2D eigenvalue weighted by molar-refractivity contribution is -0.158. The van der Waals surface area contributed by atoms with E-state index in [2.05, 4.69) is 19.5 Å². The number of ether oxygens (including phenoxy) is 2. The third-order valence-electron chi connectivity index (χ3n) is 5.23. The van der Waals surface area contributed by atoms with Gasteiger partial charge in [-0.3, -0.25) is 13.9 Å². The van der Waals surface area contributed by atoms with Crippen molar-refractivity contribution < 1.29 is 38.3 Å². The highest BCUT2D eigenvalue weighted by Crippen LogP contribution is 2.39. The van der Waals surface area contributed by atoms with Gasteiger partial charge in [0.1, 0.15) is 30.1 Å². The number of nitrogens with two attached hydrogens (primary N) is 2. The molecular weight excluding hydrogens is 471 g/mol. The fraction of sp³-hybridized carbons (Fsp3) is 0.368. The molecule has 0 bridgehead atoms. The molecule has 34 heavy (non-hydrogen) atoms. The summed E-state index contributed by atoms with van der Waals surface area (Å²) >= 11 is 0. The first-order valence-corrected chi connectivity index (χ1v) is 11.6. The van der Waals surface area contributed by atoms with Crippen LogP contribution in [0.4, 0.5) is 5.82 Å². The molecule has 2 aromatic heterocycles. The standard InChI is InChI=1S/C19H23N6O8P/c20-11(6-10-4-2-1-3-5-10)19(27)33-15-12(7-31-34(28,29)30)32-18(14(15)26)25-9-24-13-16(21)22-8-23-17(13)25/h1-5,8-9,11-12,14-15,18,26H,6-7,20H2,(H2,21,22,23)(H2,28,29,30). The fourth-order valence-electron chi connectivity index (χ4n) is 3.63. The zero-order chi connectivity index (χ0) is 24.5. The zero-order valence-corrected chi connectivity index (χ0v) is 18.5. The third-order valence-corrected chi connectivity index (χ3v) is 5.72. The molecule has 15 heteroatoms. The minimum absolute atomic E-state index is 0.104. The summed E-state index contributed by atoms with van der Waals surface area (Å²) in [7, 11) is -4.87. The zero-order valence-electron chi connectivity index (χ0n) is 17.6. The van der Waals surface area contributed by atoms with Crippen LogP contribution in [-0.2, 0) is 29.8 Å². The van der Waals surface area contributed by atoms with Crippen molar-refractivity contribution in [2.24, 2.45) is 5.73 Å². The van der Waals surface area contributed by atoms with Gasteiger partial charge in [-0.1, -0.05) is 30.3 Å². The number of aliphatic hydroxyl groups is 1. The smallest absolute Gasteiger partial charge is 0.455 e. The Hall–Kier alpha value is -2.97. The van der Waals surface area contributed by atoms with E-state index in [0.29, 0.717) is 0 Å². The Kier molecular flexibility index (Phi) is 6.91. The van der Waals surface area contributed by atoms with Gasteiger partial charge in [-0.2, -0.15) is 0 Å². The summed E-state index contributed by atoms with van der Waals surface area (Å²) in [4.78, 5) is 42.9. The number of hydrogen-bond donors (Lipinski definition) is 5. The van der Waals surface area contributed by atoms with Crippen molar-refractivity contribution in [3.63, 3.8) is 0 Å². The van der Waals surface area contributed by atoms with Crippen molar-refractivity contribution >= 4 is 30.8 Å². The molecule has 0 saturated carbocycles. The van der Waals surface area contributed by atoms with Gasteiger partial charge in [-0.15, -0.1) is 0 Å². The number of hydrogen-bond acceptors (Lipinski definition) is 11. The van der Waals surface area contributed by atoms with Gasteiger partial charge in [0.2, 0.25) is 0 Å². The fourth-order valence-corrected chi connectivity index (χ4v) is 3.97. The van der Waals surface area contributed by atoms with Crippen molar-refractivity contribution in [3.05, 3.63) is 48.5 Å². The highest BCUT2D eigenvalue weighted by Gasteiger charge is 2.48. The van der Waals surface area contributed by atoms with Gasteiger partial charge in [0.15, 0.2) is 23.8 Å². The van der Waals surface area contributed by atoms with Crippen molar-refractivity contribution in [3.8, 4) is 0 Å². The molecule has 0 aliphatic carbocycles. The monoisotopic (exact) mass is 494 g/mol. The predicted octanol–water partition coefficient (Wildman–Crippen LogP) is -0.742. The molecule has 1 aliphatic rings. The van der Waals surface area contributed by atoms with Crippen LogP contribution in [0.2, 0.25) is 0 Å². The maximum atomic E-state index is 12.7. The van der Waals surface area contributed by atoms with Crippen molar-refractivity contribution in [2.75, 3.05) is 12.3 Å². The number of aromatic nitrogens is 4. The summed E-state index contributed by atoms with van der Waals surface area (Å²) < 4.78 is 28.3. The molecule has 5 atom stereocenters. The minimum atomic E-state index is -4.87. The van der Waals surface area contributed by atoms with Gasteiger partial charge in [-0.25, -0.2) is 19.5 Å². The molecule has 5 unspecified atom stereocenters. The Morgan fingerprint density at radius 1 is 1.24 bits per heavy atom. The highest BCUT2D eigenvalue weighted by atomic mass is 31.2. The lowest BCUT2D eigenvalue weighted by atomic mass is 10.1. The number of carbonyl (C=O) groups excluding carboxylic acids is 1. The summed E-state index contributed by atoms with van der Waals surface area (Å²) in [6.07, 6.45) is -2.58. The molecule has 4 rings (SSSR count). The lowest BCUT2D eigenvalue weighted by Crippen LogP contribution is -2.43. The molecule has 0 spiro atoms. The number of esters is 1. The Balaban J connectivity index is 1.55. The van der Waals surface area contributed by atoms with Gasteiger partial charge in [0, 0.05) is 0 Å². The largest absolute Gasteiger partial charge is 0.469 e. The van der Waals surface area contributed by atoms with E-state index in [0.717, 1.165) is 5.56 Å². The van der Waals surface area contributed by atoms with Gasteiger partial charge in [0.25, 0.3) is 0 Å². The number of phosphoric ester groups is 1. The van der Waals surface area contributed by atoms with E-state index < -0.39 is 51.0 Å². The van der Waals surface area contributed by atoms with E-state index in [1.807, 2.05) is 6.07 Å². The molecule has 3 heterocycles. The van der Waals surface area contributed by atoms with Gasteiger partial charge in [-0.05, 0) is 12.0 Å². The van der Waals surface area contributed by atoms with E-state index in [1.165, 1.54) is 17.2 Å². The number of nitrogens with zero attached hydrogens (tertiary/aromatic N) is 4. The molecule has 1 saturated heterocycles. The molecule has 0 radical (unpaired) electrons. The molecule has 7 N–H and O–H groups in total. The molecule has 0 amide bonds. The van der Waals surface area contributed by atoms with E-state index >= 15 is 0 Å². The van der Waals surface area contributed by atoms with E-state index in [9.17, 15) is 14.5 Å². The second-order valence-electron chi connectivity index (χ2n) is 7.62. The molecule has 1 aromatic carbocycles. The first-order chi connectivity index (χ1) is 16.1.